The first-order valence-electron chi connectivity index (χ1n) is 6.31. The van der Waals surface area contributed by atoms with Gasteiger partial charge in [-0.1, -0.05) is 0 Å². The number of aromatic nitrogens is 1. The van der Waals surface area contributed by atoms with E-state index in [9.17, 15) is 4.79 Å². The van der Waals surface area contributed by atoms with Crippen LogP contribution in [0.1, 0.15) is 12.8 Å². The molecule has 1 amide bonds. The van der Waals surface area contributed by atoms with E-state index in [0.717, 1.165) is 25.9 Å². The minimum absolute atomic E-state index is 0.252. The van der Waals surface area contributed by atoms with Gasteiger partial charge in [-0.2, -0.15) is 0 Å². The van der Waals surface area contributed by atoms with Crippen molar-refractivity contribution in [3.63, 3.8) is 0 Å². The van der Waals surface area contributed by atoms with Crippen molar-refractivity contribution in [2.24, 2.45) is 5.41 Å². The van der Waals surface area contributed by atoms with Crippen molar-refractivity contribution < 1.29 is 9.90 Å². The molecular formula is C13H17N3O2. The Morgan fingerprint density at radius 1 is 1.22 bits per heavy atom. The molecule has 0 atom stereocenters. The summed E-state index contributed by atoms with van der Waals surface area (Å²) >= 11 is 0. The van der Waals surface area contributed by atoms with E-state index in [1.165, 1.54) is 10.6 Å². The van der Waals surface area contributed by atoms with Crippen LogP contribution in [-0.2, 0) is 0 Å². The Bertz CT molecular complexity index is 433. The Morgan fingerprint density at radius 2 is 1.83 bits per heavy atom. The molecule has 18 heavy (non-hydrogen) atoms. The van der Waals surface area contributed by atoms with Gasteiger partial charge in [0.15, 0.2) is 0 Å². The zero-order chi connectivity index (χ0) is 12.6. The summed E-state index contributed by atoms with van der Waals surface area (Å²) in [5.74, 6) is 0. The average molecular weight is 247 g/mol. The largest absolute Gasteiger partial charge is 0.465 e. The van der Waals surface area contributed by atoms with Crippen LogP contribution in [0.25, 0.3) is 0 Å². The molecule has 5 heteroatoms. The molecule has 0 radical (unpaired) electrons. The first-order chi connectivity index (χ1) is 8.69. The highest BCUT2D eigenvalue weighted by Gasteiger charge is 2.46. The number of hydrogen-bond acceptors (Lipinski definition) is 3. The Labute approximate surface area is 106 Å². The Morgan fingerprint density at radius 3 is 2.39 bits per heavy atom. The predicted octanol–water partition coefficient (Wildman–Crippen LogP) is 1.66. The number of carboxylic acid groups (broad SMARTS) is 1. The van der Waals surface area contributed by atoms with E-state index in [1.54, 1.807) is 0 Å². The van der Waals surface area contributed by atoms with Crippen molar-refractivity contribution >= 4 is 11.8 Å². The van der Waals surface area contributed by atoms with Gasteiger partial charge in [0.1, 0.15) is 0 Å². The molecule has 2 saturated heterocycles. The highest BCUT2D eigenvalue weighted by Crippen LogP contribution is 2.41. The van der Waals surface area contributed by atoms with Gasteiger partial charge in [0.25, 0.3) is 0 Å². The molecule has 5 nitrogen and oxygen atoms in total. The van der Waals surface area contributed by atoms with Crippen LogP contribution < -0.4 is 4.90 Å². The molecule has 1 aromatic heterocycles. The summed E-state index contributed by atoms with van der Waals surface area (Å²) in [6.45, 7) is 3.45. The van der Waals surface area contributed by atoms with Gasteiger partial charge in [-0.15, -0.1) is 0 Å². The summed E-state index contributed by atoms with van der Waals surface area (Å²) in [5.41, 5.74) is 1.47. The van der Waals surface area contributed by atoms with E-state index in [1.807, 2.05) is 24.5 Å². The highest BCUT2D eigenvalue weighted by molar-refractivity contribution is 5.66. The minimum atomic E-state index is -0.780. The van der Waals surface area contributed by atoms with Crippen LogP contribution in [0.2, 0.25) is 0 Å². The van der Waals surface area contributed by atoms with Gasteiger partial charge in [0, 0.05) is 49.7 Å². The van der Waals surface area contributed by atoms with Gasteiger partial charge in [-0.25, -0.2) is 4.79 Å². The molecule has 96 valence electrons. The number of rotatable bonds is 1. The van der Waals surface area contributed by atoms with E-state index in [4.69, 9.17) is 5.11 Å². The number of carbonyl (C=O) groups is 1. The summed E-state index contributed by atoms with van der Waals surface area (Å²) in [6.07, 6.45) is 5.01. The van der Waals surface area contributed by atoms with E-state index < -0.39 is 6.09 Å². The van der Waals surface area contributed by atoms with Crippen LogP contribution in [0, 0.1) is 5.41 Å². The van der Waals surface area contributed by atoms with E-state index in [-0.39, 0.29) is 5.41 Å². The molecule has 3 heterocycles. The molecule has 0 unspecified atom stereocenters. The van der Waals surface area contributed by atoms with Crippen LogP contribution in [-0.4, -0.2) is 47.3 Å². The van der Waals surface area contributed by atoms with E-state index in [2.05, 4.69) is 9.88 Å². The van der Waals surface area contributed by atoms with Crippen LogP contribution in [0.5, 0.6) is 0 Å². The molecule has 1 N–H and O–H groups in total. The molecule has 2 fully saturated rings. The highest BCUT2D eigenvalue weighted by atomic mass is 16.4. The second kappa shape index (κ2) is 4.15. The fraction of sp³-hybridized carbons (Fsp3) is 0.538. The van der Waals surface area contributed by atoms with Crippen LogP contribution in [0.15, 0.2) is 24.5 Å². The molecule has 3 rings (SSSR count). The quantitative estimate of drug-likeness (QED) is 0.820. The molecule has 2 aliphatic rings. The number of piperidine rings is 1. The van der Waals surface area contributed by atoms with Crippen LogP contribution in [0.4, 0.5) is 10.5 Å². The first-order valence-corrected chi connectivity index (χ1v) is 6.31. The third-order valence-corrected chi connectivity index (χ3v) is 4.18. The molecule has 1 aromatic rings. The van der Waals surface area contributed by atoms with Crippen molar-refractivity contribution in [2.75, 3.05) is 31.1 Å². The Balaban J connectivity index is 1.58. The standard InChI is InChI=1S/C13H17N3O2/c17-12(18)16-9-13(10-16)3-7-15(8-4-13)11-1-5-14-6-2-11/h1-2,5-6H,3-4,7-10H2,(H,17,18). The normalized spacial score (nSPS) is 21.8. The van der Waals surface area contributed by atoms with Crippen molar-refractivity contribution in [2.45, 2.75) is 12.8 Å². The number of hydrogen-bond donors (Lipinski definition) is 1. The summed E-state index contributed by atoms with van der Waals surface area (Å²) in [7, 11) is 0. The lowest BCUT2D eigenvalue weighted by atomic mass is 9.72. The van der Waals surface area contributed by atoms with E-state index >= 15 is 0 Å². The van der Waals surface area contributed by atoms with Crippen LogP contribution >= 0.6 is 0 Å². The summed E-state index contributed by atoms with van der Waals surface area (Å²) in [6, 6.07) is 4.06. The molecule has 1 spiro atoms. The van der Waals surface area contributed by atoms with Crippen molar-refractivity contribution in [1.82, 2.24) is 9.88 Å². The average Bonchev–Trinajstić information content (AvgIpc) is 2.37. The minimum Gasteiger partial charge on any atom is -0.465 e. The number of pyridine rings is 1. The molecular weight excluding hydrogens is 230 g/mol. The maximum Gasteiger partial charge on any atom is 0.407 e. The molecule has 0 bridgehead atoms. The molecule has 0 saturated carbocycles. The number of likely N-dealkylation sites (tertiary alicyclic amines) is 1. The lowest BCUT2D eigenvalue weighted by molar-refractivity contribution is -0.00635. The van der Waals surface area contributed by atoms with E-state index in [0.29, 0.717) is 13.1 Å². The van der Waals surface area contributed by atoms with Crippen molar-refractivity contribution in [3.8, 4) is 0 Å². The third-order valence-electron chi connectivity index (χ3n) is 4.18. The maximum atomic E-state index is 10.8. The van der Waals surface area contributed by atoms with Crippen molar-refractivity contribution in [3.05, 3.63) is 24.5 Å². The van der Waals surface area contributed by atoms with Gasteiger partial charge in [-0.3, -0.25) is 4.98 Å². The van der Waals surface area contributed by atoms with Gasteiger partial charge in [-0.05, 0) is 25.0 Å². The first kappa shape index (κ1) is 11.3. The topological polar surface area (TPSA) is 56.7 Å². The lowest BCUT2D eigenvalue weighted by Crippen LogP contribution is -2.61. The van der Waals surface area contributed by atoms with Gasteiger partial charge in [0.2, 0.25) is 0 Å². The zero-order valence-electron chi connectivity index (χ0n) is 10.2. The predicted molar refractivity (Wildman–Crippen MR) is 67.7 cm³/mol. The fourth-order valence-electron chi connectivity index (χ4n) is 3.01. The second-order valence-corrected chi connectivity index (χ2v) is 5.33. The third kappa shape index (κ3) is 1.89. The second-order valence-electron chi connectivity index (χ2n) is 5.33. The van der Waals surface area contributed by atoms with Gasteiger partial charge >= 0.3 is 6.09 Å². The Kier molecular flexibility index (Phi) is 2.61. The number of nitrogens with zero attached hydrogens (tertiary/aromatic N) is 3. The molecule has 0 aliphatic carbocycles. The Hall–Kier alpha value is -1.78. The summed E-state index contributed by atoms with van der Waals surface area (Å²) < 4.78 is 0. The van der Waals surface area contributed by atoms with Gasteiger partial charge < -0.3 is 14.9 Å². The monoisotopic (exact) mass is 247 g/mol. The molecule has 2 aliphatic heterocycles. The van der Waals surface area contributed by atoms with Crippen molar-refractivity contribution in [1.29, 1.82) is 0 Å². The number of anilines is 1. The SMILES string of the molecule is O=C(O)N1CC2(CCN(c3ccncc3)CC2)C1. The molecule has 0 aromatic carbocycles. The summed E-state index contributed by atoms with van der Waals surface area (Å²) in [5, 5.41) is 8.89. The zero-order valence-corrected chi connectivity index (χ0v) is 10.2. The lowest BCUT2D eigenvalue weighted by Gasteiger charge is -2.53. The van der Waals surface area contributed by atoms with Gasteiger partial charge in [0.05, 0.1) is 0 Å². The maximum absolute atomic E-state index is 10.8. The van der Waals surface area contributed by atoms with Crippen LogP contribution in [0.3, 0.4) is 0 Å². The number of amides is 1. The smallest absolute Gasteiger partial charge is 0.407 e. The summed E-state index contributed by atoms with van der Waals surface area (Å²) in [4.78, 5) is 18.7. The fourth-order valence-corrected chi connectivity index (χ4v) is 3.01.